The molecular weight excluding hydrogens is 619 g/mol. The lowest BCUT2D eigenvalue weighted by Crippen LogP contribution is -2.43. The summed E-state index contributed by atoms with van der Waals surface area (Å²) in [5.41, 5.74) is 1.39. The van der Waals surface area contributed by atoms with Crippen molar-refractivity contribution in [3.8, 4) is 0 Å². The fraction of sp³-hybridized carbons (Fsp3) is 0.323. The fourth-order valence-corrected chi connectivity index (χ4v) is 7.09. The monoisotopic (exact) mass is 650 g/mol. The summed E-state index contributed by atoms with van der Waals surface area (Å²) in [6.07, 6.45) is 8.69. The summed E-state index contributed by atoms with van der Waals surface area (Å²) in [7, 11) is -5.39. The third kappa shape index (κ3) is 6.34. The average Bonchev–Trinajstić information content (AvgIpc) is 3.04. The SMILES string of the molecule is CCN(CC(=O)N(Cc1ccc(C2CCCCC2)cn1)c1ccc2c(=O)[nH]ccc2c1)S(=O)(=O)c1c(F)c(F)c(F)c(F)c1F.[HH]. The fourth-order valence-electron chi connectivity index (χ4n) is 5.58. The van der Waals surface area contributed by atoms with Crippen LogP contribution in [0.4, 0.5) is 27.6 Å². The molecule has 4 aromatic rings. The van der Waals surface area contributed by atoms with Crippen molar-refractivity contribution in [2.75, 3.05) is 18.0 Å². The number of rotatable bonds is 9. The summed E-state index contributed by atoms with van der Waals surface area (Å²) in [6, 6.07) is 9.76. The van der Waals surface area contributed by atoms with Crippen molar-refractivity contribution in [1.82, 2.24) is 14.3 Å². The smallest absolute Gasteiger partial charge is 0.255 e. The van der Waals surface area contributed by atoms with Crippen LogP contribution in [0.5, 0.6) is 0 Å². The summed E-state index contributed by atoms with van der Waals surface area (Å²) < 4.78 is 97.3. The number of nitrogens with zero attached hydrogens (tertiary/aromatic N) is 3. The van der Waals surface area contributed by atoms with Gasteiger partial charge in [-0.05, 0) is 60.0 Å². The summed E-state index contributed by atoms with van der Waals surface area (Å²) >= 11 is 0. The van der Waals surface area contributed by atoms with Crippen LogP contribution in [0.25, 0.3) is 10.8 Å². The molecule has 0 radical (unpaired) electrons. The van der Waals surface area contributed by atoms with Crippen LogP contribution < -0.4 is 10.5 Å². The molecule has 1 amide bonds. The molecule has 0 spiro atoms. The first kappa shape index (κ1) is 32.2. The van der Waals surface area contributed by atoms with Crippen LogP contribution in [0.2, 0.25) is 0 Å². The van der Waals surface area contributed by atoms with Gasteiger partial charge >= 0.3 is 0 Å². The number of pyridine rings is 2. The number of aromatic nitrogens is 2. The zero-order chi connectivity index (χ0) is 32.5. The summed E-state index contributed by atoms with van der Waals surface area (Å²) in [4.78, 5) is 32.2. The second kappa shape index (κ2) is 13.1. The molecule has 1 saturated carbocycles. The maximum Gasteiger partial charge on any atom is 0.255 e. The van der Waals surface area contributed by atoms with Crippen molar-refractivity contribution in [2.45, 2.75) is 56.4 Å². The Bertz CT molecular complexity index is 1890. The van der Waals surface area contributed by atoms with Crippen LogP contribution in [0.3, 0.4) is 0 Å². The molecule has 0 atom stereocenters. The highest BCUT2D eigenvalue weighted by molar-refractivity contribution is 7.89. The number of amides is 1. The van der Waals surface area contributed by atoms with E-state index in [4.69, 9.17) is 0 Å². The predicted octanol–water partition coefficient (Wildman–Crippen LogP) is 6.16. The normalized spacial score (nSPS) is 14.3. The molecule has 2 aromatic heterocycles. The standard InChI is InChI=1S/C31H29F5N4O4S.H2/c1-2-39(45(43,44)30-28(35)26(33)25(32)27(34)29(30)36)17-24(41)40(22-10-11-23-19(14-22)12-13-37-31(23)42)16-21-9-8-20(15-38-21)18-6-4-3-5-7-18;/h8-15,18H,2-7,16-17H2,1H3,(H,37,42);1H. The van der Waals surface area contributed by atoms with Crippen molar-refractivity contribution in [1.29, 1.82) is 0 Å². The first-order valence-corrected chi connectivity index (χ1v) is 15.8. The molecule has 5 rings (SSSR count). The van der Waals surface area contributed by atoms with Gasteiger partial charge in [-0.15, -0.1) is 0 Å². The van der Waals surface area contributed by atoms with Crippen LogP contribution >= 0.6 is 0 Å². The number of H-pyrrole nitrogens is 1. The molecule has 45 heavy (non-hydrogen) atoms. The highest BCUT2D eigenvalue weighted by Gasteiger charge is 2.38. The van der Waals surface area contributed by atoms with Crippen molar-refractivity contribution < 1.29 is 36.6 Å². The van der Waals surface area contributed by atoms with Crippen LogP contribution in [0.15, 0.2) is 58.5 Å². The van der Waals surface area contributed by atoms with Gasteiger partial charge in [0.15, 0.2) is 28.2 Å². The van der Waals surface area contributed by atoms with E-state index < -0.39 is 63.0 Å². The van der Waals surface area contributed by atoms with E-state index in [1.165, 1.54) is 42.6 Å². The minimum absolute atomic E-state index is 0. The van der Waals surface area contributed by atoms with Crippen LogP contribution in [0.1, 0.15) is 57.6 Å². The number of nitrogens with one attached hydrogen (secondary N) is 1. The minimum Gasteiger partial charge on any atom is -0.329 e. The zero-order valence-corrected chi connectivity index (χ0v) is 24.9. The van der Waals surface area contributed by atoms with Crippen LogP contribution in [-0.2, 0) is 21.4 Å². The molecular formula is C31H31F5N4O4S. The molecule has 8 nitrogen and oxygen atoms in total. The third-order valence-corrected chi connectivity index (χ3v) is 9.99. The molecule has 0 saturated heterocycles. The number of benzene rings is 2. The Balaban J connectivity index is 0.00000480. The van der Waals surface area contributed by atoms with E-state index >= 15 is 0 Å². The average molecular weight is 651 g/mol. The van der Waals surface area contributed by atoms with Crippen molar-refractivity contribution in [3.63, 3.8) is 0 Å². The lowest BCUT2D eigenvalue weighted by Gasteiger charge is -2.27. The van der Waals surface area contributed by atoms with Gasteiger partial charge in [0, 0.05) is 31.4 Å². The summed E-state index contributed by atoms with van der Waals surface area (Å²) in [5, 5.41) is 0.795. The van der Waals surface area contributed by atoms with E-state index in [1.807, 2.05) is 6.07 Å². The number of aromatic amines is 1. The van der Waals surface area contributed by atoms with Gasteiger partial charge in [0.2, 0.25) is 21.7 Å². The van der Waals surface area contributed by atoms with Gasteiger partial charge in [-0.2, -0.15) is 4.31 Å². The number of carbonyl (C=O) groups is 1. The van der Waals surface area contributed by atoms with E-state index in [1.54, 1.807) is 18.3 Å². The maximum atomic E-state index is 14.5. The number of fused-ring (bicyclic) bond motifs is 1. The molecule has 1 N–H and O–H groups in total. The van der Waals surface area contributed by atoms with E-state index in [0.717, 1.165) is 31.2 Å². The number of sulfonamides is 1. The van der Waals surface area contributed by atoms with Crippen LogP contribution in [0, 0.1) is 29.1 Å². The first-order valence-electron chi connectivity index (χ1n) is 14.3. The second-order valence-corrected chi connectivity index (χ2v) is 12.7. The van der Waals surface area contributed by atoms with Gasteiger partial charge in [0.05, 0.1) is 18.8 Å². The Labute approximate surface area is 257 Å². The van der Waals surface area contributed by atoms with Gasteiger partial charge in [-0.1, -0.05) is 32.3 Å². The summed E-state index contributed by atoms with van der Waals surface area (Å²) in [6.45, 7) is -0.456. The van der Waals surface area contributed by atoms with Crippen LogP contribution in [-0.4, -0.2) is 41.7 Å². The highest BCUT2D eigenvalue weighted by atomic mass is 32.2. The lowest BCUT2D eigenvalue weighted by atomic mass is 9.85. The molecule has 2 heterocycles. The van der Waals surface area contributed by atoms with Gasteiger partial charge in [0.1, 0.15) is 0 Å². The molecule has 14 heteroatoms. The second-order valence-electron chi connectivity index (χ2n) is 10.8. The van der Waals surface area contributed by atoms with Crippen molar-refractivity contribution in [3.05, 3.63) is 99.5 Å². The lowest BCUT2D eigenvalue weighted by molar-refractivity contribution is -0.119. The highest BCUT2D eigenvalue weighted by Crippen LogP contribution is 2.33. The Morgan fingerprint density at radius 3 is 2.24 bits per heavy atom. The van der Waals surface area contributed by atoms with E-state index in [9.17, 15) is 40.0 Å². The number of likely N-dealkylation sites (N-methyl/N-ethyl adjacent to an activating group) is 1. The first-order chi connectivity index (χ1) is 21.4. The summed E-state index contributed by atoms with van der Waals surface area (Å²) in [5.74, 6) is -12.9. The molecule has 240 valence electrons. The molecule has 0 unspecified atom stereocenters. The largest absolute Gasteiger partial charge is 0.329 e. The molecule has 0 bridgehead atoms. The number of hydrogen-bond acceptors (Lipinski definition) is 5. The van der Waals surface area contributed by atoms with Gasteiger partial charge in [-0.3, -0.25) is 14.6 Å². The van der Waals surface area contributed by atoms with Gasteiger partial charge in [0.25, 0.3) is 5.56 Å². The Hall–Kier alpha value is -4.17. The van der Waals surface area contributed by atoms with Gasteiger partial charge in [-0.25, -0.2) is 30.4 Å². The topological polar surface area (TPSA) is 103 Å². The van der Waals surface area contributed by atoms with E-state index in [0.29, 0.717) is 26.7 Å². The molecule has 1 fully saturated rings. The Kier molecular flexibility index (Phi) is 9.35. The predicted molar refractivity (Wildman–Crippen MR) is 159 cm³/mol. The van der Waals surface area contributed by atoms with Gasteiger partial charge < -0.3 is 9.88 Å². The number of halogens is 5. The minimum atomic E-state index is -5.39. The third-order valence-electron chi connectivity index (χ3n) is 8.05. The quantitative estimate of drug-likeness (QED) is 0.133. The van der Waals surface area contributed by atoms with Crippen molar-refractivity contribution >= 4 is 32.4 Å². The zero-order valence-electron chi connectivity index (χ0n) is 24.1. The van der Waals surface area contributed by atoms with E-state index in [2.05, 4.69) is 9.97 Å². The maximum absolute atomic E-state index is 14.5. The molecule has 1 aliphatic carbocycles. The Morgan fingerprint density at radius 1 is 0.956 bits per heavy atom. The number of hydrogen-bond donors (Lipinski definition) is 1. The molecule has 0 aliphatic heterocycles. The molecule has 2 aromatic carbocycles. The number of anilines is 1. The molecule has 1 aliphatic rings. The number of carbonyl (C=O) groups excluding carboxylic acids is 1. The van der Waals surface area contributed by atoms with Crippen molar-refractivity contribution in [2.24, 2.45) is 0 Å². The Morgan fingerprint density at radius 2 is 1.62 bits per heavy atom. The van der Waals surface area contributed by atoms with E-state index in [-0.39, 0.29) is 19.2 Å².